The fourth-order valence-corrected chi connectivity index (χ4v) is 4.06. The van der Waals surface area contributed by atoms with E-state index >= 15 is 0 Å². The summed E-state index contributed by atoms with van der Waals surface area (Å²) in [5.41, 5.74) is 0.717. The Bertz CT molecular complexity index is 1070. The Morgan fingerprint density at radius 2 is 2.00 bits per heavy atom. The van der Waals surface area contributed by atoms with Crippen molar-refractivity contribution in [2.24, 2.45) is 0 Å². The lowest BCUT2D eigenvalue weighted by atomic mass is 10.2. The van der Waals surface area contributed by atoms with Crippen LogP contribution in [0.5, 0.6) is 5.75 Å². The van der Waals surface area contributed by atoms with Crippen molar-refractivity contribution in [3.8, 4) is 5.75 Å². The Hall–Kier alpha value is -2.95. The van der Waals surface area contributed by atoms with Gasteiger partial charge in [-0.1, -0.05) is 35.6 Å². The number of phenolic OH excluding ortho intramolecular Hbond substituents is 1. The lowest BCUT2D eigenvalue weighted by Crippen LogP contribution is -2.31. The number of thioether (sulfide) groups is 1. The number of nitrogens with one attached hydrogen (secondary N) is 1. The normalized spacial score (nSPS) is 15.0. The highest BCUT2D eigenvalue weighted by Crippen LogP contribution is 2.34. The molecule has 0 aliphatic carbocycles. The van der Waals surface area contributed by atoms with Crippen LogP contribution >= 0.6 is 35.6 Å². The van der Waals surface area contributed by atoms with Gasteiger partial charge in [0.15, 0.2) is 0 Å². The lowest BCUT2D eigenvalue weighted by Gasteiger charge is -2.14. The number of nitrogens with zero attached hydrogens (tertiary/aromatic N) is 2. The highest BCUT2D eigenvalue weighted by atomic mass is 35.5. The molecule has 30 heavy (non-hydrogen) atoms. The number of aromatic hydroxyl groups is 1. The van der Waals surface area contributed by atoms with Crippen molar-refractivity contribution in [1.82, 2.24) is 4.90 Å². The number of halogens is 1. The summed E-state index contributed by atoms with van der Waals surface area (Å²) in [5.74, 6) is -0.756. The van der Waals surface area contributed by atoms with Crippen LogP contribution in [0.2, 0.25) is 5.02 Å². The van der Waals surface area contributed by atoms with E-state index in [1.165, 1.54) is 53.4 Å². The predicted octanol–water partition coefficient (Wildman–Crippen LogP) is 4.18. The number of carbonyl (C=O) groups excluding carboxylic acids is 2. The number of phenols is 1. The number of benzene rings is 2. The van der Waals surface area contributed by atoms with Gasteiger partial charge in [0.25, 0.3) is 11.6 Å². The molecule has 1 aliphatic heterocycles. The number of carbonyl (C=O) groups is 2. The Morgan fingerprint density at radius 3 is 2.67 bits per heavy atom. The molecule has 154 valence electrons. The van der Waals surface area contributed by atoms with E-state index in [-0.39, 0.29) is 36.2 Å². The summed E-state index contributed by atoms with van der Waals surface area (Å²) < 4.78 is 0.302. The van der Waals surface area contributed by atoms with Gasteiger partial charge in [-0.25, -0.2) is 0 Å². The van der Waals surface area contributed by atoms with Gasteiger partial charge in [-0.15, -0.1) is 0 Å². The summed E-state index contributed by atoms with van der Waals surface area (Å²) >= 11 is 12.2. The van der Waals surface area contributed by atoms with Gasteiger partial charge in [0.1, 0.15) is 10.1 Å². The highest BCUT2D eigenvalue weighted by Gasteiger charge is 2.32. The standard InChI is InChI=1S/C19H14ClN3O5S2/c20-12-1-6-15(24)11(9-12)10-16-18(26)22(19(29)30-16)8-7-17(25)21-13-2-4-14(5-3-13)23(27)28/h1-6,9-10,24H,7-8H2,(H,21,25)/b16-10-. The maximum absolute atomic E-state index is 12.6. The topological polar surface area (TPSA) is 113 Å². The third-order valence-corrected chi connectivity index (χ3v) is 5.69. The summed E-state index contributed by atoms with van der Waals surface area (Å²) in [7, 11) is 0. The molecule has 2 aromatic rings. The van der Waals surface area contributed by atoms with Crippen molar-refractivity contribution in [2.45, 2.75) is 6.42 Å². The molecule has 2 N–H and O–H groups in total. The van der Waals surface area contributed by atoms with E-state index in [2.05, 4.69) is 5.32 Å². The first kappa shape index (κ1) is 21.8. The number of amides is 2. The molecule has 0 radical (unpaired) electrons. The summed E-state index contributed by atoms with van der Waals surface area (Å²) in [4.78, 5) is 36.5. The zero-order valence-electron chi connectivity index (χ0n) is 15.2. The quantitative estimate of drug-likeness (QED) is 0.286. The van der Waals surface area contributed by atoms with Crippen molar-refractivity contribution in [3.05, 3.63) is 68.1 Å². The van der Waals surface area contributed by atoms with Crippen LogP contribution in [0.25, 0.3) is 6.08 Å². The number of anilines is 1. The largest absolute Gasteiger partial charge is 0.507 e. The zero-order valence-corrected chi connectivity index (χ0v) is 17.6. The summed E-state index contributed by atoms with van der Waals surface area (Å²) in [6.45, 7) is 0.0718. The van der Waals surface area contributed by atoms with Crippen molar-refractivity contribution in [3.63, 3.8) is 0 Å². The van der Waals surface area contributed by atoms with Gasteiger partial charge in [-0.2, -0.15) is 0 Å². The lowest BCUT2D eigenvalue weighted by molar-refractivity contribution is -0.384. The van der Waals surface area contributed by atoms with E-state index in [4.69, 9.17) is 23.8 Å². The average molecular weight is 464 g/mol. The fraction of sp³-hybridized carbons (Fsp3) is 0.105. The van der Waals surface area contributed by atoms with Gasteiger partial charge in [-0.3, -0.25) is 24.6 Å². The molecule has 11 heteroatoms. The van der Waals surface area contributed by atoms with Crippen LogP contribution in [0.3, 0.4) is 0 Å². The second-order valence-corrected chi connectivity index (χ2v) is 8.25. The minimum atomic E-state index is -0.530. The number of hydrogen-bond acceptors (Lipinski definition) is 7. The Kier molecular flexibility index (Phi) is 6.70. The van der Waals surface area contributed by atoms with E-state index in [0.29, 0.717) is 25.5 Å². The van der Waals surface area contributed by atoms with Crippen LogP contribution in [0.1, 0.15) is 12.0 Å². The molecule has 1 saturated heterocycles. The zero-order chi connectivity index (χ0) is 21.8. The predicted molar refractivity (Wildman–Crippen MR) is 119 cm³/mol. The maximum Gasteiger partial charge on any atom is 0.269 e. The van der Waals surface area contributed by atoms with Crippen LogP contribution in [0, 0.1) is 10.1 Å². The molecular formula is C19H14ClN3O5S2. The maximum atomic E-state index is 12.6. The van der Waals surface area contributed by atoms with Crippen molar-refractivity contribution < 1.29 is 19.6 Å². The number of thiocarbonyl (C=S) groups is 1. The van der Waals surface area contributed by atoms with Crippen molar-refractivity contribution in [1.29, 1.82) is 0 Å². The van der Waals surface area contributed by atoms with Gasteiger partial charge >= 0.3 is 0 Å². The van der Waals surface area contributed by atoms with E-state index in [1.54, 1.807) is 0 Å². The molecule has 0 aromatic heterocycles. The van der Waals surface area contributed by atoms with Gasteiger partial charge < -0.3 is 10.4 Å². The van der Waals surface area contributed by atoms with Crippen molar-refractivity contribution >= 4 is 69.2 Å². The molecule has 1 fully saturated rings. The molecular weight excluding hydrogens is 450 g/mol. The number of rotatable bonds is 6. The third-order valence-electron chi connectivity index (χ3n) is 4.07. The van der Waals surface area contributed by atoms with Crippen LogP contribution in [0.4, 0.5) is 11.4 Å². The summed E-state index contributed by atoms with van der Waals surface area (Å²) in [6, 6.07) is 9.91. The second kappa shape index (κ2) is 9.24. The molecule has 2 aromatic carbocycles. The number of non-ortho nitro benzene ring substituents is 1. The monoisotopic (exact) mass is 463 g/mol. The molecule has 8 nitrogen and oxygen atoms in total. The summed E-state index contributed by atoms with van der Waals surface area (Å²) in [5, 5.41) is 23.6. The van der Waals surface area contributed by atoms with Crippen LogP contribution < -0.4 is 5.32 Å². The average Bonchev–Trinajstić information content (AvgIpc) is 2.96. The SMILES string of the molecule is O=C(CCN1C(=O)/C(=C/c2cc(Cl)ccc2O)SC1=S)Nc1ccc([N+](=O)[O-])cc1. The molecule has 1 aliphatic rings. The molecule has 3 rings (SSSR count). The number of hydrogen-bond donors (Lipinski definition) is 2. The van der Waals surface area contributed by atoms with E-state index in [1.807, 2.05) is 0 Å². The minimum Gasteiger partial charge on any atom is -0.507 e. The van der Waals surface area contributed by atoms with Gasteiger partial charge in [-0.05, 0) is 36.4 Å². The first-order chi connectivity index (χ1) is 14.2. The summed E-state index contributed by atoms with van der Waals surface area (Å²) in [6.07, 6.45) is 1.48. The number of nitro groups is 1. The molecule has 0 bridgehead atoms. The highest BCUT2D eigenvalue weighted by molar-refractivity contribution is 8.26. The smallest absolute Gasteiger partial charge is 0.269 e. The van der Waals surface area contributed by atoms with Crippen LogP contribution in [0.15, 0.2) is 47.4 Å². The first-order valence-corrected chi connectivity index (χ1v) is 10.1. The number of nitro benzene ring substituents is 1. The molecule has 0 saturated carbocycles. The molecule has 0 spiro atoms. The van der Waals surface area contributed by atoms with Gasteiger partial charge in [0.2, 0.25) is 5.91 Å². The molecule has 1 heterocycles. The molecule has 2 amide bonds. The minimum absolute atomic E-state index is 0.0148. The fourth-order valence-electron chi connectivity index (χ4n) is 2.58. The Labute approximate surface area is 185 Å². The van der Waals surface area contributed by atoms with Gasteiger partial charge in [0, 0.05) is 41.4 Å². The van der Waals surface area contributed by atoms with Crippen LogP contribution in [-0.2, 0) is 9.59 Å². The van der Waals surface area contributed by atoms with E-state index < -0.39 is 4.92 Å². The molecule has 0 atom stereocenters. The van der Waals surface area contributed by atoms with E-state index in [9.17, 15) is 24.8 Å². The van der Waals surface area contributed by atoms with Crippen molar-refractivity contribution in [2.75, 3.05) is 11.9 Å². The van der Waals surface area contributed by atoms with Crippen LogP contribution in [-0.4, -0.2) is 37.6 Å². The Balaban J connectivity index is 1.61. The Morgan fingerprint density at radius 1 is 1.30 bits per heavy atom. The van der Waals surface area contributed by atoms with Gasteiger partial charge in [0.05, 0.1) is 9.83 Å². The third kappa shape index (κ3) is 5.15. The molecule has 0 unspecified atom stereocenters. The first-order valence-electron chi connectivity index (χ1n) is 8.53. The second-order valence-electron chi connectivity index (χ2n) is 6.14. The van der Waals surface area contributed by atoms with E-state index in [0.717, 1.165) is 11.8 Å².